The number of carbonyl (C=O) groups is 1. The second-order valence-corrected chi connectivity index (χ2v) is 5.34. The molecule has 1 aromatic rings. The van der Waals surface area contributed by atoms with Crippen LogP contribution in [0.2, 0.25) is 0 Å². The molecule has 0 aromatic heterocycles. The number of carboxylic acid groups (broad SMARTS) is 1. The van der Waals surface area contributed by atoms with Crippen LogP contribution in [0, 0.1) is 6.92 Å². The Morgan fingerprint density at radius 3 is 3.06 bits per heavy atom. The van der Waals surface area contributed by atoms with E-state index in [0.717, 1.165) is 10.0 Å². The van der Waals surface area contributed by atoms with E-state index >= 15 is 0 Å². The van der Waals surface area contributed by atoms with E-state index in [2.05, 4.69) is 15.9 Å². The Hall–Kier alpha value is -0.910. The van der Waals surface area contributed by atoms with Crippen molar-refractivity contribution in [1.82, 2.24) is 4.90 Å². The van der Waals surface area contributed by atoms with E-state index in [1.54, 1.807) is 0 Å². The van der Waals surface area contributed by atoms with Gasteiger partial charge in [-0.1, -0.05) is 28.1 Å². The molecule has 5 heteroatoms. The van der Waals surface area contributed by atoms with Gasteiger partial charge in [-0.25, -0.2) is 0 Å². The molecule has 0 spiro atoms. The van der Waals surface area contributed by atoms with Crippen molar-refractivity contribution in [2.45, 2.75) is 19.5 Å². The molecular formula is C13H16BrNO3. The summed E-state index contributed by atoms with van der Waals surface area (Å²) in [6.45, 7) is 4.18. The molecule has 1 saturated heterocycles. The van der Waals surface area contributed by atoms with E-state index in [0.29, 0.717) is 19.7 Å². The number of benzene rings is 1. The van der Waals surface area contributed by atoms with E-state index in [9.17, 15) is 4.79 Å². The number of hydrogen-bond acceptors (Lipinski definition) is 3. The topological polar surface area (TPSA) is 49.8 Å². The molecule has 1 aromatic carbocycles. The van der Waals surface area contributed by atoms with Gasteiger partial charge < -0.3 is 9.84 Å². The first-order valence-electron chi connectivity index (χ1n) is 5.87. The summed E-state index contributed by atoms with van der Waals surface area (Å²) < 4.78 is 6.28. The second-order valence-electron chi connectivity index (χ2n) is 4.48. The first kappa shape index (κ1) is 13.5. The van der Waals surface area contributed by atoms with E-state index in [1.165, 1.54) is 5.56 Å². The summed E-state index contributed by atoms with van der Waals surface area (Å²) in [5.41, 5.74) is 2.29. The van der Waals surface area contributed by atoms with E-state index in [1.807, 2.05) is 30.0 Å². The summed E-state index contributed by atoms with van der Waals surface area (Å²) in [4.78, 5) is 13.1. The Kier molecular flexibility index (Phi) is 4.37. The van der Waals surface area contributed by atoms with Gasteiger partial charge in [-0.05, 0) is 24.1 Å². The Morgan fingerprint density at radius 1 is 1.61 bits per heavy atom. The zero-order valence-electron chi connectivity index (χ0n) is 10.2. The number of hydrogen-bond donors (Lipinski definition) is 1. The highest BCUT2D eigenvalue weighted by molar-refractivity contribution is 9.10. The van der Waals surface area contributed by atoms with Gasteiger partial charge in [-0.2, -0.15) is 0 Å². The first-order chi connectivity index (χ1) is 8.58. The summed E-state index contributed by atoms with van der Waals surface area (Å²) in [5, 5.41) is 9.15. The predicted molar refractivity (Wildman–Crippen MR) is 71.5 cm³/mol. The van der Waals surface area contributed by atoms with Gasteiger partial charge in [-0.15, -0.1) is 0 Å². The molecule has 1 unspecified atom stereocenters. The molecule has 0 amide bonds. The van der Waals surface area contributed by atoms with Gasteiger partial charge in [0.1, 0.15) is 6.04 Å². The van der Waals surface area contributed by atoms with Gasteiger partial charge in [0, 0.05) is 17.6 Å². The molecule has 2 rings (SSSR count). The Balaban J connectivity index is 2.10. The summed E-state index contributed by atoms with van der Waals surface area (Å²) >= 11 is 3.50. The number of morpholine rings is 1. The summed E-state index contributed by atoms with van der Waals surface area (Å²) in [6.07, 6.45) is 0. The van der Waals surface area contributed by atoms with Crippen LogP contribution in [0.3, 0.4) is 0 Å². The van der Waals surface area contributed by atoms with Crippen molar-refractivity contribution in [3.05, 3.63) is 33.8 Å². The number of halogens is 1. The summed E-state index contributed by atoms with van der Waals surface area (Å²) in [5.74, 6) is -0.819. The third-order valence-corrected chi connectivity index (χ3v) is 4.00. The number of carboxylic acids is 1. The van der Waals surface area contributed by atoms with Gasteiger partial charge in [0.2, 0.25) is 0 Å². The Morgan fingerprint density at radius 2 is 2.39 bits per heavy atom. The Bertz CT molecular complexity index is 450. The summed E-state index contributed by atoms with van der Waals surface area (Å²) in [6, 6.07) is 5.58. The zero-order valence-corrected chi connectivity index (χ0v) is 11.8. The van der Waals surface area contributed by atoms with Crippen molar-refractivity contribution in [3.63, 3.8) is 0 Å². The molecule has 1 fully saturated rings. The molecule has 1 aliphatic heterocycles. The van der Waals surface area contributed by atoms with Crippen LogP contribution in [0.5, 0.6) is 0 Å². The van der Waals surface area contributed by atoms with E-state index in [4.69, 9.17) is 9.84 Å². The number of aryl methyl sites for hydroxylation is 1. The maximum absolute atomic E-state index is 11.1. The standard InChI is InChI=1S/C13H16BrNO3/c1-9-2-3-10(6-11(9)14)7-15-4-5-18-8-12(15)13(16)17/h2-3,6,12H,4-5,7-8H2,1H3,(H,16,17). The van der Waals surface area contributed by atoms with Crippen molar-refractivity contribution in [2.75, 3.05) is 19.8 Å². The molecule has 0 saturated carbocycles. The lowest BCUT2D eigenvalue weighted by atomic mass is 10.1. The van der Waals surface area contributed by atoms with Crippen LogP contribution in [0.25, 0.3) is 0 Å². The molecule has 0 radical (unpaired) electrons. The molecular weight excluding hydrogens is 298 g/mol. The third-order valence-electron chi connectivity index (χ3n) is 3.15. The van der Waals surface area contributed by atoms with Gasteiger partial charge in [0.05, 0.1) is 13.2 Å². The van der Waals surface area contributed by atoms with Crippen LogP contribution in [-0.2, 0) is 16.1 Å². The monoisotopic (exact) mass is 313 g/mol. The molecule has 4 nitrogen and oxygen atoms in total. The minimum absolute atomic E-state index is 0.266. The van der Waals surface area contributed by atoms with Crippen molar-refractivity contribution in [3.8, 4) is 0 Å². The van der Waals surface area contributed by atoms with Gasteiger partial charge in [0.25, 0.3) is 0 Å². The number of rotatable bonds is 3. The van der Waals surface area contributed by atoms with Crippen LogP contribution in [0.4, 0.5) is 0 Å². The van der Waals surface area contributed by atoms with Crippen LogP contribution >= 0.6 is 15.9 Å². The summed E-state index contributed by atoms with van der Waals surface area (Å²) in [7, 11) is 0. The number of ether oxygens (including phenoxy) is 1. The minimum atomic E-state index is -0.819. The molecule has 18 heavy (non-hydrogen) atoms. The highest BCUT2D eigenvalue weighted by Gasteiger charge is 2.28. The maximum Gasteiger partial charge on any atom is 0.323 e. The molecule has 0 bridgehead atoms. The van der Waals surface area contributed by atoms with Crippen molar-refractivity contribution < 1.29 is 14.6 Å². The zero-order chi connectivity index (χ0) is 13.1. The SMILES string of the molecule is Cc1ccc(CN2CCOCC2C(=O)O)cc1Br. The maximum atomic E-state index is 11.1. The largest absolute Gasteiger partial charge is 0.480 e. The highest BCUT2D eigenvalue weighted by atomic mass is 79.9. The quantitative estimate of drug-likeness (QED) is 0.928. The lowest BCUT2D eigenvalue weighted by molar-refractivity contribution is -0.150. The molecule has 98 valence electrons. The number of aliphatic carboxylic acids is 1. The van der Waals surface area contributed by atoms with Crippen molar-refractivity contribution >= 4 is 21.9 Å². The first-order valence-corrected chi connectivity index (χ1v) is 6.67. The number of nitrogens with zero attached hydrogens (tertiary/aromatic N) is 1. The minimum Gasteiger partial charge on any atom is -0.480 e. The van der Waals surface area contributed by atoms with Crippen LogP contribution in [-0.4, -0.2) is 41.8 Å². The van der Waals surface area contributed by atoms with Gasteiger partial charge >= 0.3 is 5.97 Å². The second kappa shape index (κ2) is 5.82. The van der Waals surface area contributed by atoms with Crippen LogP contribution in [0.15, 0.2) is 22.7 Å². The third kappa shape index (κ3) is 3.10. The molecule has 1 aliphatic rings. The predicted octanol–water partition coefficient (Wildman–Crippen LogP) is 2.04. The van der Waals surface area contributed by atoms with Crippen LogP contribution < -0.4 is 0 Å². The molecule has 1 atom stereocenters. The average molecular weight is 314 g/mol. The van der Waals surface area contributed by atoms with E-state index < -0.39 is 12.0 Å². The smallest absolute Gasteiger partial charge is 0.323 e. The van der Waals surface area contributed by atoms with E-state index in [-0.39, 0.29) is 6.61 Å². The normalized spacial score (nSPS) is 20.9. The van der Waals surface area contributed by atoms with Gasteiger partial charge in [0.15, 0.2) is 0 Å². The lowest BCUT2D eigenvalue weighted by Gasteiger charge is -2.32. The fourth-order valence-corrected chi connectivity index (χ4v) is 2.45. The molecule has 0 aliphatic carbocycles. The van der Waals surface area contributed by atoms with Crippen molar-refractivity contribution in [2.24, 2.45) is 0 Å². The lowest BCUT2D eigenvalue weighted by Crippen LogP contribution is -2.49. The van der Waals surface area contributed by atoms with Crippen molar-refractivity contribution in [1.29, 1.82) is 0 Å². The van der Waals surface area contributed by atoms with Crippen LogP contribution in [0.1, 0.15) is 11.1 Å². The molecule has 1 heterocycles. The average Bonchev–Trinajstić information content (AvgIpc) is 2.34. The van der Waals surface area contributed by atoms with Gasteiger partial charge in [-0.3, -0.25) is 9.69 Å². The highest BCUT2D eigenvalue weighted by Crippen LogP contribution is 2.20. The Labute approximate surface area is 115 Å². The fraction of sp³-hybridized carbons (Fsp3) is 0.462. The fourth-order valence-electron chi connectivity index (χ4n) is 2.02. The molecule has 1 N–H and O–H groups in total.